The van der Waals surface area contributed by atoms with Crippen molar-refractivity contribution in [3.8, 4) is 0 Å². The van der Waals surface area contributed by atoms with Crippen LogP contribution in [0.25, 0.3) is 10.8 Å². The van der Waals surface area contributed by atoms with E-state index in [1.54, 1.807) is 0 Å². The number of para-hydroxylation sites is 1. The fourth-order valence-corrected chi connectivity index (χ4v) is 6.51. The number of hydrogen-bond donors (Lipinski definition) is 0. The molecule has 0 radical (unpaired) electrons. The molecule has 3 aromatic rings. The molecule has 2 heterocycles. The number of amides is 1. The minimum atomic E-state index is -0.170. The number of carbonyl (C=O) groups excluding carboxylic acids is 1. The number of benzene rings is 3. The predicted molar refractivity (Wildman–Crippen MR) is 120 cm³/mol. The number of carbonyl (C=O) groups is 1. The van der Waals surface area contributed by atoms with Crippen LogP contribution in [0.1, 0.15) is 48.4 Å². The van der Waals surface area contributed by atoms with Gasteiger partial charge in [0, 0.05) is 30.9 Å². The zero-order valence-electron chi connectivity index (χ0n) is 17.2. The summed E-state index contributed by atoms with van der Waals surface area (Å²) < 4.78 is 0. The van der Waals surface area contributed by atoms with Gasteiger partial charge in [-0.2, -0.15) is 0 Å². The second-order valence-electron chi connectivity index (χ2n) is 9.62. The Hall–Kier alpha value is -2.65. The Balaban J connectivity index is 1.14. The van der Waals surface area contributed by atoms with Crippen LogP contribution in [0.2, 0.25) is 0 Å². The highest BCUT2D eigenvalue weighted by Crippen LogP contribution is 2.58. The van der Waals surface area contributed by atoms with Gasteiger partial charge >= 0.3 is 0 Å². The van der Waals surface area contributed by atoms with Gasteiger partial charge in [-0.25, -0.2) is 0 Å². The second-order valence-corrected chi connectivity index (χ2v) is 9.62. The highest BCUT2D eigenvalue weighted by molar-refractivity contribution is 6.10. The fraction of sp³-hybridized carbons (Fsp3) is 0.370. The van der Waals surface area contributed by atoms with E-state index in [9.17, 15) is 4.79 Å². The Morgan fingerprint density at radius 3 is 2.43 bits per heavy atom. The normalized spacial score (nSPS) is 24.7. The van der Waals surface area contributed by atoms with Crippen LogP contribution in [0.3, 0.4) is 0 Å². The van der Waals surface area contributed by atoms with E-state index in [2.05, 4.69) is 70.5 Å². The lowest BCUT2D eigenvalue weighted by Gasteiger charge is -2.40. The third-order valence-electron chi connectivity index (χ3n) is 8.16. The molecular formula is C27H26N2O. The molecular weight excluding hydrogens is 368 g/mol. The highest BCUT2D eigenvalue weighted by Gasteiger charge is 2.60. The summed E-state index contributed by atoms with van der Waals surface area (Å²) in [6.07, 6.45) is 5.32. The summed E-state index contributed by atoms with van der Waals surface area (Å²) >= 11 is 0. The zero-order valence-corrected chi connectivity index (χ0v) is 17.2. The predicted octanol–water partition coefficient (Wildman–Crippen LogP) is 4.98. The van der Waals surface area contributed by atoms with Crippen LogP contribution >= 0.6 is 0 Å². The van der Waals surface area contributed by atoms with Crippen LogP contribution in [-0.4, -0.2) is 29.9 Å². The van der Waals surface area contributed by atoms with Gasteiger partial charge in [-0.15, -0.1) is 0 Å². The van der Waals surface area contributed by atoms with Gasteiger partial charge in [0.25, 0.3) is 0 Å². The standard InChI is InChI=1S/C27H26N2O/c30-26-27(13-14-27)22-9-1-2-10-23(22)29(26)20-11-15-28(16-12-20)24-17-19-7-3-5-18-6-4-8-21(24)25(18)19/h1-10,20,24H,11-17H2. The van der Waals surface area contributed by atoms with E-state index in [4.69, 9.17) is 0 Å². The molecule has 7 rings (SSSR count). The molecule has 150 valence electrons. The van der Waals surface area contributed by atoms with Crippen molar-refractivity contribution in [3.05, 3.63) is 77.4 Å². The van der Waals surface area contributed by atoms with Gasteiger partial charge in [0.15, 0.2) is 0 Å². The quantitative estimate of drug-likeness (QED) is 0.612. The van der Waals surface area contributed by atoms with Crippen molar-refractivity contribution in [3.63, 3.8) is 0 Å². The molecule has 3 heteroatoms. The maximum absolute atomic E-state index is 13.4. The molecule has 1 spiro atoms. The first-order chi connectivity index (χ1) is 14.8. The molecule has 1 unspecified atom stereocenters. The maximum Gasteiger partial charge on any atom is 0.237 e. The molecule has 3 nitrogen and oxygen atoms in total. The number of anilines is 1. The molecule has 3 aromatic carbocycles. The molecule has 0 bridgehead atoms. The van der Waals surface area contributed by atoms with E-state index in [1.165, 1.54) is 33.2 Å². The summed E-state index contributed by atoms with van der Waals surface area (Å²) in [6.45, 7) is 2.14. The summed E-state index contributed by atoms with van der Waals surface area (Å²) in [7, 11) is 0. The number of hydrogen-bond acceptors (Lipinski definition) is 2. The average Bonchev–Trinajstić information content (AvgIpc) is 3.46. The van der Waals surface area contributed by atoms with Crippen molar-refractivity contribution >= 4 is 22.4 Å². The Bertz CT molecular complexity index is 1180. The molecule has 2 aliphatic heterocycles. The molecule has 30 heavy (non-hydrogen) atoms. The summed E-state index contributed by atoms with van der Waals surface area (Å²) in [5.74, 6) is 0.375. The molecule has 0 aromatic heterocycles. The molecule has 1 amide bonds. The first-order valence-corrected chi connectivity index (χ1v) is 11.4. The van der Waals surface area contributed by atoms with Crippen LogP contribution in [0, 0.1) is 0 Å². The monoisotopic (exact) mass is 394 g/mol. The van der Waals surface area contributed by atoms with Crippen molar-refractivity contribution in [1.82, 2.24) is 4.90 Å². The first kappa shape index (κ1) is 17.1. The molecule has 2 fully saturated rings. The van der Waals surface area contributed by atoms with Crippen LogP contribution in [0.5, 0.6) is 0 Å². The van der Waals surface area contributed by atoms with Gasteiger partial charge in [-0.05, 0) is 65.6 Å². The molecule has 0 N–H and O–H groups in total. The van der Waals surface area contributed by atoms with Gasteiger partial charge in [0.05, 0.1) is 5.41 Å². The molecule has 4 aliphatic rings. The van der Waals surface area contributed by atoms with Crippen LogP contribution in [0.15, 0.2) is 60.7 Å². The Kier molecular flexibility index (Phi) is 3.39. The third-order valence-corrected chi connectivity index (χ3v) is 8.16. The third kappa shape index (κ3) is 2.16. The summed E-state index contributed by atoms with van der Waals surface area (Å²) in [6, 6.07) is 22.9. The van der Waals surface area contributed by atoms with E-state index in [1.807, 2.05) is 0 Å². The van der Waals surface area contributed by atoms with Gasteiger partial charge in [-0.3, -0.25) is 9.69 Å². The van der Waals surface area contributed by atoms with Crippen LogP contribution in [-0.2, 0) is 16.6 Å². The second kappa shape index (κ2) is 5.95. The summed E-state index contributed by atoms with van der Waals surface area (Å²) in [5, 5.41) is 2.85. The van der Waals surface area contributed by atoms with Crippen molar-refractivity contribution in [2.75, 3.05) is 18.0 Å². The number of fused-ring (bicyclic) bond motifs is 2. The maximum atomic E-state index is 13.4. The van der Waals surface area contributed by atoms with E-state index in [0.717, 1.165) is 45.2 Å². The number of piperidine rings is 1. The highest BCUT2D eigenvalue weighted by atomic mass is 16.2. The Morgan fingerprint density at radius 2 is 1.63 bits per heavy atom. The van der Waals surface area contributed by atoms with E-state index in [0.29, 0.717) is 18.0 Å². The minimum Gasteiger partial charge on any atom is -0.308 e. The van der Waals surface area contributed by atoms with Crippen molar-refractivity contribution in [1.29, 1.82) is 0 Å². The molecule has 1 saturated carbocycles. The number of likely N-dealkylation sites (tertiary alicyclic amines) is 1. The van der Waals surface area contributed by atoms with Gasteiger partial charge in [0.2, 0.25) is 5.91 Å². The van der Waals surface area contributed by atoms with E-state index < -0.39 is 0 Å². The minimum absolute atomic E-state index is 0.170. The molecule has 1 atom stereocenters. The lowest BCUT2D eigenvalue weighted by molar-refractivity contribution is -0.120. The first-order valence-electron chi connectivity index (χ1n) is 11.4. The van der Waals surface area contributed by atoms with E-state index in [-0.39, 0.29) is 5.41 Å². The topological polar surface area (TPSA) is 23.6 Å². The summed E-state index contributed by atoms with van der Waals surface area (Å²) in [4.78, 5) is 18.2. The lowest BCUT2D eigenvalue weighted by atomic mass is 9.98. The Labute approximate surface area is 177 Å². The van der Waals surface area contributed by atoms with E-state index >= 15 is 0 Å². The van der Waals surface area contributed by atoms with Crippen LogP contribution < -0.4 is 4.90 Å². The lowest BCUT2D eigenvalue weighted by Crippen LogP contribution is -2.48. The van der Waals surface area contributed by atoms with Crippen molar-refractivity contribution < 1.29 is 4.79 Å². The zero-order chi connectivity index (χ0) is 19.9. The van der Waals surface area contributed by atoms with Crippen LogP contribution in [0.4, 0.5) is 5.69 Å². The Morgan fingerprint density at radius 1 is 0.867 bits per heavy atom. The smallest absolute Gasteiger partial charge is 0.237 e. The number of nitrogens with zero attached hydrogens (tertiary/aromatic N) is 2. The largest absolute Gasteiger partial charge is 0.308 e. The number of rotatable bonds is 2. The SMILES string of the molecule is O=C1N(C2CCN(C3Cc4cccc5cccc3c45)CC2)c2ccccc2C12CC2. The van der Waals surface area contributed by atoms with Gasteiger partial charge < -0.3 is 4.90 Å². The van der Waals surface area contributed by atoms with Crippen molar-refractivity contribution in [2.45, 2.75) is 49.6 Å². The van der Waals surface area contributed by atoms with Crippen molar-refractivity contribution in [2.24, 2.45) is 0 Å². The fourth-order valence-electron chi connectivity index (χ4n) is 6.51. The van der Waals surface area contributed by atoms with Gasteiger partial charge in [0.1, 0.15) is 0 Å². The summed E-state index contributed by atoms with van der Waals surface area (Å²) in [5.41, 5.74) is 5.30. The molecule has 2 aliphatic carbocycles. The molecule has 1 saturated heterocycles. The van der Waals surface area contributed by atoms with Gasteiger partial charge in [-0.1, -0.05) is 54.6 Å². The average molecular weight is 395 g/mol.